The van der Waals surface area contributed by atoms with E-state index in [1.807, 2.05) is 19.1 Å². The minimum atomic E-state index is -4.39. The van der Waals surface area contributed by atoms with Crippen LogP contribution in [0.25, 0.3) is 0 Å². The van der Waals surface area contributed by atoms with Crippen LogP contribution in [0.4, 0.5) is 19.0 Å². The predicted octanol–water partition coefficient (Wildman–Crippen LogP) is 5.63. The van der Waals surface area contributed by atoms with E-state index < -0.39 is 11.7 Å². The number of thioether (sulfide) groups is 1. The number of hydrogen-bond acceptors (Lipinski definition) is 5. The van der Waals surface area contributed by atoms with Gasteiger partial charge in [-0.3, -0.25) is 4.79 Å². The van der Waals surface area contributed by atoms with Crippen molar-refractivity contribution in [1.82, 2.24) is 15.3 Å². The number of aromatic nitrogens is 2. The number of halogens is 3. The molecule has 1 aromatic heterocycles. The largest absolute Gasteiger partial charge is 0.416 e. The predicted molar refractivity (Wildman–Crippen MR) is 127 cm³/mol. The molecule has 0 radical (unpaired) electrons. The van der Waals surface area contributed by atoms with Gasteiger partial charge in [0.2, 0.25) is 0 Å². The summed E-state index contributed by atoms with van der Waals surface area (Å²) in [6.07, 6.45) is -0.783. The third kappa shape index (κ3) is 6.08. The summed E-state index contributed by atoms with van der Waals surface area (Å²) in [4.78, 5) is 24.1. The fourth-order valence-electron chi connectivity index (χ4n) is 3.80. The molecule has 1 amide bonds. The summed E-state index contributed by atoms with van der Waals surface area (Å²) in [7, 11) is 0. The Labute approximate surface area is 200 Å². The number of rotatable bonds is 7. The number of amides is 1. The number of benzene rings is 2. The maximum atomic E-state index is 12.9. The smallest absolute Gasteiger partial charge is 0.356 e. The van der Waals surface area contributed by atoms with Crippen LogP contribution in [0.5, 0.6) is 0 Å². The molecule has 1 aliphatic rings. The first-order chi connectivity index (χ1) is 16.3. The summed E-state index contributed by atoms with van der Waals surface area (Å²) in [6.45, 7) is 3.80. The Balaban J connectivity index is 1.46. The van der Waals surface area contributed by atoms with Gasteiger partial charge < -0.3 is 10.2 Å². The van der Waals surface area contributed by atoms with Crippen LogP contribution in [-0.2, 0) is 18.5 Å². The molecule has 0 aliphatic carbocycles. The zero-order valence-corrected chi connectivity index (χ0v) is 19.5. The van der Waals surface area contributed by atoms with Crippen molar-refractivity contribution in [2.45, 2.75) is 43.4 Å². The van der Waals surface area contributed by atoms with Crippen LogP contribution in [0.15, 0.2) is 59.9 Å². The zero-order valence-electron chi connectivity index (χ0n) is 18.7. The minimum absolute atomic E-state index is 0.111. The van der Waals surface area contributed by atoms with E-state index in [-0.39, 0.29) is 12.5 Å². The summed E-state index contributed by atoms with van der Waals surface area (Å²) in [5, 5.41) is 3.39. The molecule has 178 valence electrons. The number of carbonyl (C=O) groups is 1. The van der Waals surface area contributed by atoms with Crippen LogP contribution in [0.2, 0.25) is 0 Å². The molecule has 0 atom stereocenters. The van der Waals surface area contributed by atoms with Crippen LogP contribution < -0.4 is 10.2 Å². The lowest BCUT2D eigenvalue weighted by molar-refractivity contribution is -0.137. The van der Waals surface area contributed by atoms with Crippen molar-refractivity contribution in [2.75, 3.05) is 18.0 Å². The highest BCUT2D eigenvalue weighted by atomic mass is 32.2. The van der Waals surface area contributed by atoms with Gasteiger partial charge in [-0.15, -0.1) is 0 Å². The summed E-state index contributed by atoms with van der Waals surface area (Å²) in [5.74, 6) is 0.974. The van der Waals surface area contributed by atoms with Gasteiger partial charge in [0.1, 0.15) is 11.4 Å². The van der Waals surface area contributed by atoms with Gasteiger partial charge in [0, 0.05) is 31.6 Å². The molecule has 9 heteroatoms. The molecule has 4 rings (SSSR count). The molecule has 34 heavy (non-hydrogen) atoms. The third-order valence-corrected chi connectivity index (χ3v) is 6.51. The molecular weight excluding hydrogens is 461 g/mol. The lowest BCUT2D eigenvalue weighted by Crippen LogP contribution is -2.28. The minimum Gasteiger partial charge on any atom is -0.356 e. The van der Waals surface area contributed by atoms with E-state index in [2.05, 4.69) is 27.3 Å². The maximum Gasteiger partial charge on any atom is 0.416 e. The van der Waals surface area contributed by atoms with Crippen LogP contribution in [0.3, 0.4) is 0 Å². The summed E-state index contributed by atoms with van der Waals surface area (Å²) >= 11 is 1.52. The highest BCUT2D eigenvalue weighted by Crippen LogP contribution is 2.29. The number of anilines is 1. The molecule has 1 fully saturated rings. The highest BCUT2D eigenvalue weighted by Gasteiger charge is 2.30. The number of nitrogens with zero attached hydrogens (tertiary/aromatic N) is 3. The Morgan fingerprint density at radius 2 is 1.82 bits per heavy atom. The van der Waals surface area contributed by atoms with E-state index in [9.17, 15) is 18.0 Å². The van der Waals surface area contributed by atoms with Crippen LogP contribution >= 0.6 is 11.8 Å². The summed E-state index contributed by atoms with van der Waals surface area (Å²) in [6, 6.07) is 13.0. The fraction of sp³-hybridized carbons (Fsp3) is 0.320. The second-order valence-electron chi connectivity index (χ2n) is 8.24. The van der Waals surface area contributed by atoms with E-state index in [1.54, 1.807) is 6.20 Å². The van der Waals surface area contributed by atoms with E-state index in [0.717, 1.165) is 43.8 Å². The Morgan fingerprint density at radius 3 is 2.50 bits per heavy atom. The van der Waals surface area contributed by atoms with Gasteiger partial charge in [-0.25, -0.2) is 9.97 Å². The first-order valence-electron chi connectivity index (χ1n) is 11.0. The van der Waals surface area contributed by atoms with Crippen LogP contribution in [0, 0.1) is 6.92 Å². The monoisotopic (exact) mass is 486 g/mol. The van der Waals surface area contributed by atoms with Gasteiger partial charge >= 0.3 is 6.18 Å². The maximum absolute atomic E-state index is 12.9. The molecule has 1 N–H and O–H groups in total. The normalized spacial score (nSPS) is 13.8. The Morgan fingerprint density at radius 1 is 1.09 bits per heavy atom. The lowest BCUT2D eigenvalue weighted by Gasteiger charge is -2.20. The quantitative estimate of drug-likeness (QED) is 0.347. The van der Waals surface area contributed by atoms with E-state index in [1.165, 1.54) is 35.0 Å². The Bertz CT molecular complexity index is 1150. The second-order valence-corrected chi connectivity index (χ2v) is 9.18. The van der Waals surface area contributed by atoms with Crippen molar-refractivity contribution in [2.24, 2.45) is 0 Å². The fourth-order valence-corrected chi connectivity index (χ4v) is 4.55. The van der Waals surface area contributed by atoms with E-state index in [0.29, 0.717) is 22.1 Å². The Kier molecular flexibility index (Phi) is 7.41. The molecule has 1 aliphatic heterocycles. The highest BCUT2D eigenvalue weighted by molar-refractivity contribution is 7.98. The number of aryl methyl sites for hydroxylation is 1. The number of carbonyl (C=O) groups excluding carboxylic acids is 1. The molecule has 5 nitrogen and oxygen atoms in total. The molecule has 0 unspecified atom stereocenters. The molecule has 0 spiro atoms. The molecule has 3 aromatic rings. The van der Waals surface area contributed by atoms with Crippen molar-refractivity contribution in [3.8, 4) is 0 Å². The molecule has 2 aromatic carbocycles. The molecule has 1 saturated heterocycles. The first-order valence-corrected chi connectivity index (χ1v) is 12.0. The second kappa shape index (κ2) is 10.5. The number of alkyl halides is 3. The number of nitrogens with one attached hydrogen (secondary N) is 1. The Hall–Kier alpha value is -3.07. The van der Waals surface area contributed by atoms with Gasteiger partial charge in [0.05, 0.1) is 5.56 Å². The topological polar surface area (TPSA) is 58.1 Å². The standard InChI is InChI=1S/C25H25F3N4OS/c1-17-5-4-6-19(13-17)16-34-24-30-15-21(22(31-24)32-11-2-3-12-32)23(33)29-14-18-7-9-20(10-8-18)25(26,27)28/h4-10,13,15H,2-3,11-12,14,16H2,1H3,(H,29,33). The van der Waals surface area contributed by atoms with E-state index >= 15 is 0 Å². The van der Waals surface area contributed by atoms with Crippen molar-refractivity contribution >= 4 is 23.5 Å². The first kappa shape index (κ1) is 24.1. The average Bonchev–Trinajstić information content (AvgIpc) is 3.36. The van der Waals surface area contributed by atoms with Gasteiger partial charge in [-0.2, -0.15) is 13.2 Å². The lowest BCUT2D eigenvalue weighted by atomic mass is 10.1. The van der Waals surface area contributed by atoms with Crippen LogP contribution in [0.1, 0.15) is 45.5 Å². The van der Waals surface area contributed by atoms with Crippen LogP contribution in [-0.4, -0.2) is 29.0 Å². The van der Waals surface area contributed by atoms with Gasteiger partial charge in [0.25, 0.3) is 5.91 Å². The summed E-state index contributed by atoms with van der Waals surface area (Å²) < 4.78 is 38.3. The van der Waals surface area contributed by atoms with Crippen molar-refractivity contribution < 1.29 is 18.0 Å². The molecule has 2 heterocycles. The third-order valence-electron chi connectivity index (χ3n) is 5.58. The van der Waals surface area contributed by atoms with E-state index in [4.69, 9.17) is 4.98 Å². The van der Waals surface area contributed by atoms with Gasteiger partial charge in [0.15, 0.2) is 5.16 Å². The van der Waals surface area contributed by atoms with Crippen molar-refractivity contribution in [3.63, 3.8) is 0 Å². The zero-order chi connectivity index (χ0) is 24.1. The molecular formula is C25H25F3N4OS. The van der Waals surface area contributed by atoms with Gasteiger partial charge in [-0.1, -0.05) is 53.7 Å². The van der Waals surface area contributed by atoms with Crippen molar-refractivity contribution in [3.05, 3.63) is 82.5 Å². The molecule has 0 saturated carbocycles. The molecule has 0 bridgehead atoms. The number of hydrogen-bond donors (Lipinski definition) is 1. The SMILES string of the molecule is Cc1cccc(CSc2ncc(C(=O)NCc3ccc(C(F)(F)F)cc3)c(N3CCCC3)n2)c1. The average molecular weight is 487 g/mol. The van der Waals surface area contributed by atoms with Crippen molar-refractivity contribution in [1.29, 1.82) is 0 Å². The van der Waals surface area contributed by atoms with Gasteiger partial charge in [-0.05, 0) is 43.0 Å². The summed E-state index contributed by atoms with van der Waals surface area (Å²) in [5.41, 5.74) is 2.60.